The molecule has 0 saturated carbocycles. The first-order valence-corrected chi connectivity index (χ1v) is 9.48. The summed E-state index contributed by atoms with van der Waals surface area (Å²) >= 11 is 0. The number of amides is 1. The highest BCUT2D eigenvalue weighted by Gasteiger charge is 2.30. The fourth-order valence-electron chi connectivity index (χ4n) is 3.26. The number of anilines is 3. The number of nitrogens with zero attached hydrogens (tertiary/aromatic N) is 1. The minimum atomic E-state index is -4.43. The monoisotopic (exact) mass is 391 g/mol. The van der Waals surface area contributed by atoms with Crippen molar-refractivity contribution in [3.05, 3.63) is 54.1 Å². The highest BCUT2D eigenvalue weighted by molar-refractivity contribution is 5.91. The van der Waals surface area contributed by atoms with Gasteiger partial charge in [0.15, 0.2) is 0 Å². The number of carbonyl (C=O) groups is 1. The lowest BCUT2D eigenvalue weighted by Gasteiger charge is -2.28. The van der Waals surface area contributed by atoms with Gasteiger partial charge in [0, 0.05) is 43.1 Å². The van der Waals surface area contributed by atoms with E-state index in [2.05, 4.69) is 27.7 Å². The first-order valence-electron chi connectivity index (χ1n) is 9.48. The Morgan fingerprint density at radius 1 is 0.964 bits per heavy atom. The van der Waals surface area contributed by atoms with E-state index in [1.165, 1.54) is 37.1 Å². The molecular formula is C21H24F3N3O. The van der Waals surface area contributed by atoms with E-state index in [1.807, 2.05) is 12.1 Å². The summed E-state index contributed by atoms with van der Waals surface area (Å²) in [6.07, 6.45) is -0.534. The van der Waals surface area contributed by atoms with E-state index in [1.54, 1.807) is 0 Å². The Bertz CT molecular complexity index is 784. The van der Waals surface area contributed by atoms with Gasteiger partial charge >= 0.3 is 6.18 Å². The van der Waals surface area contributed by atoms with Crippen LogP contribution in [0.1, 0.15) is 31.2 Å². The number of benzene rings is 2. The van der Waals surface area contributed by atoms with Crippen LogP contribution in [-0.2, 0) is 11.0 Å². The second-order valence-electron chi connectivity index (χ2n) is 6.90. The maximum atomic E-state index is 12.7. The van der Waals surface area contributed by atoms with Gasteiger partial charge in [-0.3, -0.25) is 4.79 Å². The lowest BCUT2D eigenvalue weighted by Crippen LogP contribution is -2.29. The molecule has 0 spiro atoms. The Hall–Kier alpha value is -2.70. The summed E-state index contributed by atoms with van der Waals surface area (Å²) in [6.45, 7) is 2.57. The molecule has 2 aromatic rings. The Balaban J connectivity index is 1.45. The van der Waals surface area contributed by atoms with Gasteiger partial charge in [-0.25, -0.2) is 0 Å². The summed E-state index contributed by atoms with van der Waals surface area (Å²) in [4.78, 5) is 14.4. The van der Waals surface area contributed by atoms with Crippen molar-refractivity contribution >= 4 is 23.0 Å². The summed E-state index contributed by atoms with van der Waals surface area (Å²) < 4.78 is 38.2. The number of alkyl halides is 3. The van der Waals surface area contributed by atoms with Crippen LogP contribution in [0.3, 0.4) is 0 Å². The minimum absolute atomic E-state index is 0.144. The van der Waals surface area contributed by atoms with Crippen LogP contribution in [0.5, 0.6) is 0 Å². The first-order chi connectivity index (χ1) is 13.4. The van der Waals surface area contributed by atoms with E-state index in [4.69, 9.17) is 0 Å². The molecule has 0 radical (unpaired) electrons. The number of halogens is 3. The maximum Gasteiger partial charge on any atom is 0.416 e. The third-order valence-electron chi connectivity index (χ3n) is 4.74. The van der Waals surface area contributed by atoms with Crippen molar-refractivity contribution < 1.29 is 18.0 Å². The normalized spacial score (nSPS) is 14.6. The van der Waals surface area contributed by atoms with Crippen molar-refractivity contribution in [1.82, 2.24) is 0 Å². The average molecular weight is 391 g/mol. The first kappa shape index (κ1) is 20.0. The summed E-state index contributed by atoms with van der Waals surface area (Å²) in [5.41, 5.74) is 1.48. The van der Waals surface area contributed by atoms with Crippen molar-refractivity contribution in [3.63, 3.8) is 0 Å². The minimum Gasteiger partial charge on any atom is -0.385 e. The largest absolute Gasteiger partial charge is 0.416 e. The molecule has 1 aliphatic heterocycles. The maximum absolute atomic E-state index is 12.7. The highest BCUT2D eigenvalue weighted by Crippen LogP contribution is 2.30. The molecule has 28 heavy (non-hydrogen) atoms. The molecule has 0 bridgehead atoms. The summed E-state index contributed by atoms with van der Waals surface area (Å²) in [5, 5.41) is 5.67. The number of nitrogens with one attached hydrogen (secondary N) is 2. The number of carbonyl (C=O) groups excluding carboxylic acids is 1. The van der Waals surface area contributed by atoms with Crippen molar-refractivity contribution in [2.24, 2.45) is 0 Å². The SMILES string of the molecule is O=C(CCNc1ccc(N2CCCCC2)cc1)Nc1cccc(C(F)(F)F)c1. The van der Waals surface area contributed by atoms with Crippen LogP contribution >= 0.6 is 0 Å². The van der Waals surface area contributed by atoms with E-state index in [9.17, 15) is 18.0 Å². The lowest BCUT2D eigenvalue weighted by atomic mass is 10.1. The standard InChI is InChI=1S/C21H24F3N3O/c22-21(23,24)16-5-4-6-18(15-16)26-20(28)11-12-25-17-7-9-19(10-8-17)27-13-2-1-3-14-27/h4-10,15,25H,1-3,11-14H2,(H,26,28). The van der Waals surface area contributed by atoms with E-state index in [0.717, 1.165) is 30.9 Å². The van der Waals surface area contributed by atoms with E-state index >= 15 is 0 Å². The van der Waals surface area contributed by atoms with Crippen LogP contribution in [0.15, 0.2) is 48.5 Å². The fourth-order valence-corrected chi connectivity index (χ4v) is 3.26. The van der Waals surface area contributed by atoms with E-state index < -0.39 is 11.7 Å². The van der Waals surface area contributed by atoms with Crippen LogP contribution in [0, 0.1) is 0 Å². The molecule has 2 N–H and O–H groups in total. The fraction of sp³-hybridized carbons (Fsp3) is 0.381. The van der Waals surface area contributed by atoms with Crippen LogP contribution in [0.4, 0.5) is 30.2 Å². The lowest BCUT2D eigenvalue weighted by molar-refractivity contribution is -0.137. The zero-order valence-electron chi connectivity index (χ0n) is 15.6. The molecule has 1 saturated heterocycles. The summed E-state index contributed by atoms with van der Waals surface area (Å²) in [6, 6.07) is 12.7. The molecule has 0 atom stereocenters. The van der Waals surface area contributed by atoms with Gasteiger partial charge in [0.1, 0.15) is 0 Å². The summed E-state index contributed by atoms with van der Waals surface area (Å²) in [5.74, 6) is -0.336. The smallest absolute Gasteiger partial charge is 0.385 e. The Kier molecular flexibility index (Phi) is 6.44. The molecule has 7 heteroatoms. The molecule has 1 aliphatic rings. The van der Waals surface area contributed by atoms with Gasteiger partial charge in [0.25, 0.3) is 0 Å². The molecule has 1 fully saturated rings. The predicted molar refractivity (Wildman–Crippen MR) is 106 cm³/mol. The Morgan fingerprint density at radius 3 is 2.36 bits per heavy atom. The number of rotatable bonds is 6. The zero-order chi connectivity index (χ0) is 20.0. The predicted octanol–water partition coefficient (Wildman–Crippen LogP) is 5.14. The topological polar surface area (TPSA) is 44.4 Å². The molecular weight excluding hydrogens is 367 g/mol. The number of piperidine rings is 1. The molecule has 0 aliphatic carbocycles. The van der Waals surface area contributed by atoms with Crippen LogP contribution < -0.4 is 15.5 Å². The third-order valence-corrected chi connectivity index (χ3v) is 4.74. The molecule has 0 unspecified atom stereocenters. The van der Waals surface area contributed by atoms with Gasteiger partial charge in [-0.1, -0.05) is 6.07 Å². The Labute approximate surface area is 162 Å². The van der Waals surface area contributed by atoms with Crippen molar-refractivity contribution in [2.75, 3.05) is 35.2 Å². The van der Waals surface area contributed by atoms with Crippen molar-refractivity contribution in [1.29, 1.82) is 0 Å². The second-order valence-corrected chi connectivity index (χ2v) is 6.90. The molecule has 2 aromatic carbocycles. The van der Waals surface area contributed by atoms with Crippen molar-refractivity contribution in [3.8, 4) is 0 Å². The number of hydrogen-bond acceptors (Lipinski definition) is 3. The van der Waals surface area contributed by atoms with Gasteiger partial charge in [0.05, 0.1) is 5.56 Å². The van der Waals surface area contributed by atoms with Crippen LogP contribution in [0.2, 0.25) is 0 Å². The Morgan fingerprint density at radius 2 is 1.68 bits per heavy atom. The molecule has 1 amide bonds. The number of hydrogen-bond donors (Lipinski definition) is 2. The van der Waals surface area contributed by atoms with Crippen LogP contribution in [0.25, 0.3) is 0 Å². The van der Waals surface area contributed by atoms with E-state index in [0.29, 0.717) is 6.54 Å². The van der Waals surface area contributed by atoms with Gasteiger partial charge in [-0.2, -0.15) is 13.2 Å². The van der Waals surface area contributed by atoms with E-state index in [-0.39, 0.29) is 18.0 Å². The molecule has 4 nitrogen and oxygen atoms in total. The second kappa shape index (κ2) is 8.99. The van der Waals surface area contributed by atoms with Gasteiger partial charge in [0.2, 0.25) is 5.91 Å². The molecule has 0 aromatic heterocycles. The van der Waals surface area contributed by atoms with Crippen LogP contribution in [-0.4, -0.2) is 25.5 Å². The van der Waals surface area contributed by atoms with Gasteiger partial charge < -0.3 is 15.5 Å². The molecule has 150 valence electrons. The molecule has 1 heterocycles. The zero-order valence-corrected chi connectivity index (χ0v) is 15.6. The van der Waals surface area contributed by atoms with Gasteiger partial charge in [-0.05, 0) is 61.7 Å². The quantitative estimate of drug-likeness (QED) is 0.717. The highest BCUT2D eigenvalue weighted by atomic mass is 19.4. The summed E-state index contributed by atoms with van der Waals surface area (Å²) in [7, 11) is 0. The molecule has 3 rings (SSSR count). The van der Waals surface area contributed by atoms with Crippen molar-refractivity contribution in [2.45, 2.75) is 31.9 Å². The van der Waals surface area contributed by atoms with Gasteiger partial charge in [-0.15, -0.1) is 0 Å². The average Bonchev–Trinajstić information content (AvgIpc) is 2.69. The third kappa shape index (κ3) is 5.65.